The fraction of sp³-hybridized carbons (Fsp3) is 0.778. The van der Waals surface area contributed by atoms with Crippen molar-refractivity contribution >= 4 is 5.78 Å². The fourth-order valence-corrected chi connectivity index (χ4v) is 0.856. The molecule has 0 heterocycles. The van der Waals surface area contributed by atoms with Gasteiger partial charge in [0, 0.05) is 6.42 Å². The summed E-state index contributed by atoms with van der Waals surface area (Å²) >= 11 is 0. The maximum absolute atomic E-state index is 11.1. The van der Waals surface area contributed by atoms with E-state index >= 15 is 0 Å². The van der Waals surface area contributed by atoms with Crippen molar-refractivity contribution in [2.24, 2.45) is 0 Å². The van der Waals surface area contributed by atoms with Crippen LogP contribution >= 0.6 is 0 Å². The third kappa shape index (κ3) is 3.83. The third-order valence-corrected chi connectivity index (χ3v) is 1.79. The number of unbranched alkanes of at least 4 members (excludes halogenated alkanes) is 2. The summed E-state index contributed by atoms with van der Waals surface area (Å²) in [6.45, 7) is 4.66. The SMILES string of the molecule is [CH2]C(O)(CO)C(=O)CCCCC. The van der Waals surface area contributed by atoms with Crippen LogP contribution in [0.25, 0.3) is 0 Å². The first-order valence-electron chi connectivity index (χ1n) is 4.26. The largest absolute Gasteiger partial charge is 0.393 e. The van der Waals surface area contributed by atoms with Gasteiger partial charge in [-0.2, -0.15) is 0 Å². The van der Waals surface area contributed by atoms with Gasteiger partial charge in [-0.3, -0.25) is 4.79 Å². The van der Waals surface area contributed by atoms with E-state index in [-0.39, 0.29) is 5.78 Å². The normalized spacial score (nSPS) is 15.7. The van der Waals surface area contributed by atoms with Crippen LogP contribution in [0.1, 0.15) is 32.6 Å². The Bertz CT molecular complexity index is 141. The summed E-state index contributed by atoms with van der Waals surface area (Å²) in [6.07, 6.45) is 3.05. The standard InChI is InChI=1S/C9H17O3/c1-3-4-5-6-8(11)9(2,12)7-10/h10,12H,2-7H2,1H3. The van der Waals surface area contributed by atoms with Crippen LogP contribution < -0.4 is 0 Å². The molecular formula is C9H17O3. The Morgan fingerprint density at radius 3 is 2.50 bits per heavy atom. The molecule has 0 aliphatic heterocycles. The van der Waals surface area contributed by atoms with Gasteiger partial charge < -0.3 is 10.2 Å². The van der Waals surface area contributed by atoms with E-state index in [0.717, 1.165) is 19.3 Å². The molecule has 0 aromatic carbocycles. The Morgan fingerprint density at radius 2 is 2.08 bits per heavy atom. The van der Waals surface area contributed by atoms with E-state index < -0.39 is 12.2 Å². The van der Waals surface area contributed by atoms with Crippen molar-refractivity contribution in [2.75, 3.05) is 6.61 Å². The highest BCUT2D eigenvalue weighted by Gasteiger charge is 2.27. The van der Waals surface area contributed by atoms with E-state index in [4.69, 9.17) is 5.11 Å². The summed E-state index contributed by atoms with van der Waals surface area (Å²) in [7, 11) is 0. The van der Waals surface area contributed by atoms with Crippen molar-refractivity contribution in [3.8, 4) is 0 Å². The molecule has 0 aromatic rings. The molecule has 0 spiro atoms. The van der Waals surface area contributed by atoms with Crippen molar-refractivity contribution < 1.29 is 15.0 Å². The van der Waals surface area contributed by atoms with Crippen molar-refractivity contribution in [3.05, 3.63) is 6.92 Å². The predicted molar refractivity (Wildman–Crippen MR) is 46.5 cm³/mol. The highest BCUT2D eigenvalue weighted by atomic mass is 16.3. The first kappa shape index (κ1) is 11.6. The number of hydrogen-bond acceptors (Lipinski definition) is 3. The lowest BCUT2D eigenvalue weighted by molar-refractivity contribution is -0.136. The average Bonchev–Trinajstić information content (AvgIpc) is 2.05. The minimum atomic E-state index is -1.78. The Labute approximate surface area is 73.4 Å². The molecule has 2 N–H and O–H groups in total. The summed E-state index contributed by atoms with van der Waals surface area (Å²) < 4.78 is 0. The van der Waals surface area contributed by atoms with Gasteiger partial charge in [0.15, 0.2) is 5.78 Å². The summed E-state index contributed by atoms with van der Waals surface area (Å²) in [5, 5.41) is 17.8. The second-order valence-corrected chi connectivity index (χ2v) is 3.07. The minimum Gasteiger partial charge on any atom is -0.393 e. The molecule has 1 radical (unpaired) electrons. The van der Waals surface area contributed by atoms with Gasteiger partial charge in [0.05, 0.1) is 6.61 Å². The van der Waals surface area contributed by atoms with Gasteiger partial charge in [-0.05, 0) is 13.3 Å². The summed E-state index contributed by atoms with van der Waals surface area (Å²) in [4.78, 5) is 11.1. The number of hydrogen-bond donors (Lipinski definition) is 2. The van der Waals surface area contributed by atoms with Gasteiger partial charge in [0.2, 0.25) is 0 Å². The van der Waals surface area contributed by atoms with E-state index in [0.29, 0.717) is 6.42 Å². The molecule has 0 amide bonds. The number of ketones is 1. The van der Waals surface area contributed by atoms with Crippen LogP contribution in [0, 0.1) is 6.92 Å². The zero-order valence-corrected chi connectivity index (χ0v) is 7.55. The van der Waals surface area contributed by atoms with Gasteiger partial charge in [-0.1, -0.05) is 19.8 Å². The summed E-state index contributed by atoms with van der Waals surface area (Å²) in [5.41, 5.74) is -1.78. The number of aliphatic hydroxyl groups is 2. The number of carbonyl (C=O) groups is 1. The van der Waals surface area contributed by atoms with Gasteiger partial charge in [-0.15, -0.1) is 0 Å². The van der Waals surface area contributed by atoms with Crippen LogP contribution in [0.3, 0.4) is 0 Å². The molecule has 1 atom stereocenters. The molecule has 3 heteroatoms. The Hall–Kier alpha value is -0.410. The minimum absolute atomic E-state index is 0.300. The van der Waals surface area contributed by atoms with E-state index in [1.54, 1.807) is 0 Å². The number of rotatable bonds is 6. The lowest BCUT2D eigenvalue weighted by Crippen LogP contribution is -2.39. The van der Waals surface area contributed by atoms with Gasteiger partial charge in [0.25, 0.3) is 0 Å². The van der Waals surface area contributed by atoms with E-state index in [1.165, 1.54) is 0 Å². The lowest BCUT2D eigenvalue weighted by atomic mass is 9.97. The van der Waals surface area contributed by atoms with Gasteiger partial charge in [-0.25, -0.2) is 0 Å². The third-order valence-electron chi connectivity index (χ3n) is 1.79. The molecule has 0 saturated carbocycles. The maximum atomic E-state index is 11.1. The topological polar surface area (TPSA) is 57.5 Å². The Balaban J connectivity index is 3.72. The van der Waals surface area contributed by atoms with Gasteiger partial charge in [0.1, 0.15) is 5.60 Å². The maximum Gasteiger partial charge on any atom is 0.166 e. The number of Topliss-reactive ketones (excluding diaryl/α,β-unsaturated/α-hetero) is 1. The van der Waals surface area contributed by atoms with Crippen molar-refractivity contribution in [3.63, 3.8) is 0 Å². The van der Waals surface area contributed by atoms with Crippen molar-refractivity contribution in [1.82, 2.24) is 0 Å². The molecule has 12 heavy (non-hydrogen) atoms. The van der Waals surface area contributed by atoms with Crippen molar-refractivity contribution in [1.29, 1.82) is 0 Å². The van der Waals surface area contributed by atoms with Crippen molar-refractivity contribution in [2.45, 2.75) is 38.2 Å². The molecule has 0 saturated heterocycles. The molecule has 0 rings (SSSR count). The van der Waals surface area contributed by atoms with E-state index in [9.17, 15) is 9.90 Å². The summed E-state index contributed by atoms with van der Waals surface area (Å²) in [5.74, 6) is -0.376. The summed E-state index contributed by atoms with van der Waals surface area (Å²) in [6, 6.07) is 0. The quantitative estimate of drug-likeness (QED) is 0.581. The molecule has 0 aromatic heterocycles. The lowest BCUT2D eigenvalue weighted by Gasteiger charge is -2.17. The molecule has 0 fully saturated rings. The molecular weight excluding hydrogens is 156 g/mol. The average molecular weight is 173 g/mol. The second-order valence-electron chi connectivity index (χ2n) is 3.07. The number of carbonyl (C=O) groups excluding carboxylic acids is 1. The molecule has 1 unspecified atom stereocenters. The molecule has 0 aliphatic rings. The van der Waals surface area contributed by atoms with Crippen LogP contribution in [0.5, 0.6) is 0 Å². The molecule has 71 valence electrons. The molecule has 0 bridgehead atoms. The zero-order chi connectivity index (χ0) is 9.61. The fourth-order valence-electron chi connectivity index (χ4n) is 0.856. The Kier molecular flexibility index (Phi) is 5.09. The molecule has 0 aliphatic carbocycles. The Morgan fingerprint density at radius 1 is 1.50 bits per heavy atom. The van der Waals surface area contributed by atoms with Gasteiger partial charge >= 0.3 is 0 Å². The second kappa shape index (κ2) is 5.27. The monoisotopic (exact) mass is 173 g/mol. The first-order chi connectivity index (χ1) is 5.54. The highest BCUT2D eigenvalue weighted by Crippen LogP contribution is 2.09. The molecule has 3 nitrogen and oxygen atoms in total. The van der Waals surface area contributed by atoms with Crippen LogP contribution in [-0.2, 0) is 4.79 Å². The predicted octanol–water partition coefficient (Wildman–Crippen LogP) is 0.693. The highest BCUT2D eigenvalue weighted by molar-refractivity contribution is 5.87. The van der Waals surface area contributed by atoms with E-state index in [1.807, 2.05) is 6.92 Å². The van der Waals surface area contributed by atoms with E-state index in [2.05, 4.69) is 6.92 Å². The van der Waals surface area contributed by atoms with Crippen LogP contribution in [0.15, 0.2) is 0 Å². The first-order valence-corrected chi connectivity index (χ1v) is 4.26. The van der Waals surface area contributed by atoms with Crippen LogP contribution in [0.2, 0.25) is 0 Å². The zero-order valence-electron chi connectivity index (χ0n) is 7.55. The number of aliphatic hydroxyl groups excluding tert-OH is 1. The van der Waals surface area contributed by atoms with Crippen LogP contribution in [0.4, 0.5) is 0 Å². The smallest absolute Gasteiger partial charge is 0.166 e. The van der Waals surface area contributed by atoms with Crippen LogP contribution in [-0.4, -0.2) is 28.2 Å².